The van der Waals surface area contributed by atoms with Crippen LogP contribution in [0.1, 0.15) is 104 Å². The van der Waals surface area contributed by atoms with Crippen LogP contribution in [0, 0.1) is 22.7 Å². The van der Waals surface area contributed by atoms with Crippen molar-refractivity contribution < 1.29 is 28.7 Å². The Morgan fingerprint density at radius 1 is 0.812 bits per heavy atom. The minimum Gasteiger partial charge on any atom is -0.444 e. The number of amidine groups is 1. The number of likely N-dealkylation sites (tertiary alicyclic amines) is 2. The highest BCUT2D eigenvalue weighted by Crippen LogP contribution is 2.25. The molecule has 0 radical (unpaired) electrons. The fraction of sp³-hybridized carbons (Fsp3) is 0.750. The van der Waals surface area contributed by atoms with Crippen molar-refractivity contribution in [3.05, 3.63) is 5.01 Å². The molecule has 1 aromatic rings. The number of carbonyl (C=O) groups is 4. The van der Waals surface area contributed by atoms with Crippen molar-refractivity contribution in [2.24, 2.45) is 11.8 Å². The summed E-state index contributed by atoms with van der Waals surface area (Å²) in [4.78, 5) is 52.9. The molecule has 4 N–H and O–H groups in total. The zero-order valence-corrected chi connectivity index (χ0v) is 30.7. The van der Waals surface area contributed by atoms with E-state index >= 15 is 0 Å². The molecule has 268 valence electrons. The number of anilines is 1. The third-order valence-electron chi connectivity index (χ3n) is 7.72. The number of hydrogen-bond donors (Lipinski definition) is 4. The molecule has 0 aromatic carbocycles. The summed E-state index contributed by atoms with van der Waals surface area (Å²) in [5.41, 5.74) is -1.08. The van der Waals surface area contributed by atoms with Crippen molar-refractivity contribution >= 4 is 62.4 Å². The highest BCUT2D eigenvalue weighted by molar-refractivity contribution is 8.26. The third kappa shape index (κ3) is 14.9. The van der Waals surface area contributed by atoms with Gasteiger partial charge in [0.15, 0.2) is 5.17 Å². The molecule has 14 nitrogen and oxygen atoms in total. The van der Waals surface area contributed by atoms with Crippen molar-refractivity contribution in [3.8, 4) is 0 Å². The Labute approximate surface area is 291 Å². The summed E-state index contributed by atoms with van der Waals surface area (Å²) in [5.74, 6) is -0.0452. The van der Waals surface area contributed by atoms with E-state index in [1.807, 2.05) is 41.5 Å². The molecule has 0 unspecified atom stereocenters. The predicted octanol–water partition coefficient (Wildman–Crippen LogP) is 6.03. The fourth-order valence-corrected chi connectivity index (χ4v) is 6.79. The molecule has 2 aliphatic heterocycles. The van der Waals surface area contributed by atoms with Crippen LogP contribution in [0.2, 0.25) is 0 Å². The van der Waals surface area contributed by atoms with Gasteiger partial charge >= 0.3 is 12.2 Å². The first kappa shape index (κ1) is 39.2. The lowest BCUT2D eigenvalue weighted by Crippen LogP contribution is -2.42. The smallest absolute Gasteiger partial charge is 0.410 e. The van der Waals surface area contributed by atoms with Crippen LogP contribution in [0.25, 0.3) is 0 Å². The predicted molar refractivity (Wildman–Crippen MR) is 188 cm³/mol. The molecule has 0 saturated carbocycles. The SMILES string of the molecule is CC(C)(C)OC(=O)N1CCC(CC(=O)NC(=N)SC(=N)CCCCc2nnc(NC(=O)CC3CCN(C(=O)OC(C)(C)C)CC3)s2)CC1. The minimum atomic E-state index is -0.545. The van der Waals surface area contributed by atoms with E-state index in [1.165, 1.54) is 11.3 Å². The second-order valence-electron chi connectivity index (χ2n) is 14.4. The number of aryl methyl sites for hydroxylation is 1. The highest BCUT2D eigenvalue weighted by atomic mass is 32.2. The molecule has 3 rings (SSSR count). The maximum absolute atomic E-state index is 12.6. The van der Waals surface area contributed by atoms with E-state index in [4.69, 9.17) is 20.3 Å². The van der Waals surface area contributed by atoms with Gasteiger partial charge in [-0.25, -0.2) is 9.59 Å². The maximum Gasteiger partial charge on any atom is 0.410 e. The second-order valence-corrected chi connectivity index (χ2v) is 16.6. The lowest BCUT2D eigenvalue weighted by Gasteiger charge is -2.33. The summed E-state index contributed by atoms with van der Waals surface area (Å²) in [6.07, 6.45) is 5.49. The average Bonchev–Trinajstić information content (AvgIpc) is 3.40. The Bertz CT molecular complexity index is 1290. The normalized spacial score (nSPS) is 16.3. The van der Waals surface area contributed by atoms with Gasteiger partial charge < -0.3 is 29.9 Å². The molecule has 0 atom stereocenters. The molecule has 2 saturated heterocycles. The molecule has 2 fully saturated rings. The molecule has 48 heavy (non-hydrogen) atoms. The summed E-state index contributed by atoms with van der Waals surface area (Å²) in [6.45, 7) is 13.2. The van der Waals surface area contributed by atoms with Gasteiger partial charge in [0.2, 0.25) is 16.9 Å². The van der Waals surface area contributed by atoms with Gasteiger partial charge in [-0.1, -0.05) is 11.3 Å². The molecule has 4 amide bonds. The third-order valence-corrected chi connectivity index (χ3v) is 9.37. The summed E-state index contributed by atoms with van der Waals surface area (Å²) >= 11 is 2.28. The number of ether oxygens (including phenoxy) is 2. The molecule has 0 spiro atoms. The van der Waals surface area contributed by atoms with Gasteiger partial charge in [-0.15, -0.1) is 10.2 Å². The number of nitrogens with zero attached hydrogens (tertiary/aromatic N) is 4. The lowest BCUT2D eigenvalue weighted by molar-refractivity contribution is -0.121. The van der Waals surface area contributed by atoms with Gasteiger partial charge in [0.05, 0.1) is 5.04 Å². The van der Waals surface area contributed by atoms with Gasteiger partial charge in [-0.2, -0.15) is 0 Å². The molecule has 3 heterocycles. The Morgan fingerprint density at radius 3 is 1.81 bits per heavy atom. The summed E-state index contributed by atoms with van der Waals surface area (Å²) in [7, 11) is 0. The van der Waals surface area contributed by atoms with Crippen LogP contribution >= 0.6 is 23.1 Å². The number of unbranched alkanes of at least 4 members (excludes halogenated alkanes) is 1. The first-order chi connectivity index (χ1) is 22.5. The van der Waals surface area contributed by atoms with Crippen molar-refractivity contribution in [1.29, 1.82) is 10.8 Å². The first-order valence-corrected chi connectivity index (χ1v) is 18.3. The zero-order valence-electron chi connectivity index (χ0n) is 29.1. The van der Waals surface area contributed by atoms with E-state index < -0.39 is 11.2 Å². The summed E-state index contributed by atoms with van der Waals surface area (Å²) < 4.78 is 10.9. The van der Waals surface area contributed by atoms with Gasteiger partial charge in [0.25, 0.3) is 0 Å². The van der Waals surface area contributed by atoms with E-state index in [1.54, 1.807) is 9.80 Å². The fourth-order valence-electron chi connectivity index (χ4n) is 5.33. The largest absolute Gasteiger partial charge is 0.444 e. The Hall–Kier alpha value is -3.27. The number of nitrogens with one attached hydrogen (secondary N) is 4. The number of amides is 4. The zero-order chi connectivity index (χ0) is 35.5. The molecule has 16 heteroatoms. The molecule has 0 aliphatic carbocycles. The van der Waals surface area contributed by atoms with Crippen LogP contribution in [0.15, 0.2) is 0 Å². The first-order valence-electron chi connectivity index (χ1n) is 16.7. The van der Waals surface area contributed by atoms with E-state index in [0.717, 1.165) is 36.0 Å². The number of thioether (sulfide) groups is 1. The number of aromatic nitrogens is 2. The molecular formula is C32H52N8O6S2. The number of hydrogen-bond acceptors (Lipinski definition) is 12. The summed E-state index contributed by atoms with van der Waals surface area (Å²) in [6, 6.07) is 0. The monoisotopic (exact) mass is 708 g/mol. The van der Waals surface area contributed by atoms with Crippen LogP contribution in [-0.2, 0) is 25.5 Å². The number of rotatable bonds is 10. The van der Waals surface area contributed by atoms with Crippen molar-refractivity contribution in [1.82, 2.24) is 25.3 Å². The summed E-state index contributed by atoms with van der Waals surface area (Å²) in [5, 5.41) is 31.5. The number of carbonyl (C=O) groups excluding carboxylic acids is 4. The van der Waals surface area contributed by atoms with Crippen molar-refractivity contribution in [3.63, 3.8) is 0 Å². The molecular weight excluding hydrogens is 657 g/mol. The Kier molecular flexibility index (Phi) is 14.6. The van der Waals surface area contributed by atoms with Crippen LogP contribution in [-0.4, -0.2) is 91.6 Å². The molecule has 2 aliphatic rings. The van der Waals surface area contributed by atoms with Crippen molar-refractivity contribution in [2.45, 2.75) is 117 Å². The minimum absolute atomic E-state index is 0.0608. The van der Waals surface area contributed by atoms with Gasteiger partial charge in [0.1, 0.15) is 16.2 Å². The molecule has 0 bridgehead atoms. The van der Waals surface area contributed by atoms with Gasteiger partial charge in [0, 0.05) is 45.4 Å². The quantitative estimate of drug-likeness (QED) is 0.128. The Balaban J connectivity index is 1.24. The van der Waals surface area contributed by atoms with Crippen LogP contribution in [0.5, 0.6) is 0 Å². The molecule has 1 aromatic heterocycles. The van der Waals surface area contributed by atoms with Crippen LogP contribution in [0.3, 0.4) is 0 Å². The van der Waals surface area contributed by atoms with E-state index in [-0.39, 0.29) is 47.4 Å². The number of piperidine rings is 2. The van der Waals surface area contributed by atoms with E-state index in [9.17, 15) is 19.2 Å². The highest BCUT2D eigenvalue weighted by Gasteiger charge is 2.29. The van der Waals surface area contributed by atoms with E-state index in [2.05, 4.69) is 20.8 Å². The lowest BCUT2D eigenvalue weighted by atomic mass is 9.93. The van der Waals surface area contributed by atoms with Crippen molar-refractivity contribution in [2.75, 3.05) is 31.5 Å². The van der Waals surface area contributed by atoms with Crippen LogP contribution < -0.4 is 10.6 Å². The van der Waals surface area contributed by atoms with Gasteiger partial charge in [-0.3, -0.25) is 20.4 Å². The van der Waals surface area contributed by atoms with Crippen LogP contribution in [0.4, 0.5) is 14.7 Å². The topological polar surface area (TPSA) is 191 Å². The van der Waals surface area contributed by atoms with E-state index in [0.29, 0.717) is 74.9 Å². The maximum atomic E-state index is 12.6. The standard InChI is InChI=1S/C32H52N8O6S2/c1-31(2,3)45-29(43)39-15-11-21(12-16-39)19-24(41)35-27(34)47-23(33)9-7-8-10-26-37-38-28(48-26)36-25(42)20-22-13-17-40(18-14-22)30(44)46-32(4,5)6/h21-22,33H,7-20H2,1-6H3,(H2,34,35,41)(H,36,38,42). The Morgan fingerprint density at radius 2 is 1.31 bits per heavy atom. The average molecular weight is 709 g/mol. The second kappa shape index (κ2) is 17.9. The van der Waals surface area contributed by atoms with Gasteiger partial charge in [-0.05, 0) is 110 Å².